The van der Waals surface area contributed by atoms with Crippen LogP contribution in [0.2, 0.25) is 0 Å². The maximum absolute atomic E-state index is 11.5. The number of hydrogen-bond donors (Lipinski definition) is 3. The van der Waals surface area contributed by atoms with Crippen molar-refractivity contribution in [3.63, 3.8) is 0 Å². The van der Waals surface area contributed by atoms with E-state index in [0.717, 1.165) is 5.56 Å². The molecule has 0 radical (unpaired) electrons. The lowest BCUT2D eigenvalue weighted by atomic mass is 10.1. The standard InChI is InChI=1S/C13H19N3O2/c1-9(2)8-11(17)15-16-12(13(14)18)10-6-4-3-5-7-10/h3-7,9,12,16H,8H2,1-2H3,(H2,14,18)(H,15,17)/t12-/m0/s1. The molecule has 1 atom stereocenters. The molecule has 0 saturated carbocycles. The summed E-state index contributed by atoms with van der Waals surface area (Å²) in [5, 5.41) is 0. The second-order valence-electron chi connectivity index (χ2n) is 4.54. The maximum Gasteiger partial charge on any atom is 0.240 e. The summed E-state index contributed by atoms with van der Waals surface area (Å²) in [5.74, 6) is -0.436. The fourth-order valence-corrected chi connectivity index (χ4v) is 1.54. The Balaban J connectivity index is 2.60. The first kappa shape index (κ1) is 14.2. The number of amides is 2. The normalized spacial score (nSPS) is 12.2. The number of carbonyl (C=O) groups excluding carboxylic acids is 2. The van der Waals surface area contributed by atoms with Gasteiger partial charge in [-0.3, -0.25) is 15.0 Å². The summed E-state index contributed by atoms with van der Waals surface area (Å²) in [5.41, 5.74) is 11.2. The summed E-state index contributed by atoms with van der Waals surface area (Å²) in [6.45, 7) is 3.89. The summed E-state index contributed by atoms with van der Waals surface area (Å²) < 4.78 is 0. The van der Waals surface area contributed by atoms with Crippen molar-refractivity contribution < 1.29 is 9.59 Å². The lowest BCUT2D eigenvalue weighted by molar-refractivity contribution is -0.124. The average Bonchev–Trinajstić information content (AvgIpc) is 2.29. The first-order valence-corrected chi connectivity index (χ1v) is 5.89. The molecule has 1 rings (SSSR count). The summed E-state index contributed by atoms with van der Waals surface area (Å²) in [7, 11) is 0. The summed E-state index contributed by atoms with van der Waals surface area (Å²) in [6, 6.07) is 8.29. The summed E-state index contributed by atoms with van der Waals surface area (Å²) in [4.78, 5) is 22.8. The smallest absolute Gasteiger partial charge is 0.240 e. The van der Waals surface area contributed by atoms with Gasteiger partial charge in [-0.15, -0.1) is 0 Å². The molecule has 98 valence electrons. The number of rotatable bonds is 6. The highest BCUT2D eigenvalue weighted by Crippen LogP contribution is 2.10. The molecule has 1 aromatic carbocycles. The Kier molecular flexibility index (Phi) is 5.32. The molecule has 5 nitrogen and oxygen atoms in total. The highest BCUT2D eigenvalue weighted by atomic mass is 16.2. The number of primary amides is 1. The van der Waals surface area contributed by atoms with E-state index in [9.17, 15) is 9.59 Å². The van der Waals surface area contributed by atoms with Gasteiger partial charge in [0.05, 0.1) is 0 Å². The van der Waals surface area contributed by atoms with E-state index < -0.39 is 11.9 Å². The van der Waals surface area contributed by atoms with Crippen LogP contribution in [0.5, 0.6) is 0 Å². The molecule has 5 heteroatoms. The largest absolute Gasteiger partial charge is 0.368 e. The summed E-state index contributed by atoms with van der Waals surface area (Å²) >= 11 is 0. The Morgan fingerprint density at radius 1 is 1.22 bits per heavy atom. The van der Waals surface area contributed by atoms with Gasteiger partial charge >= 0.3 is 0 Å². The average molecular weight is 249 g/mol. The minimum atomic E-state index is -0.720. The Morgan fingerprint density at radius 2 is 1.83 bits per heavy atom. The van der Waals surface area contributed by atoms with E-state index in [-0.39, 0.29) is 11.8 Å². The van der Waals surface area contributed by atoms with Crippen LogP contribution in [0.15, 0.2) is 30.3 Å². The lowest BCUT2D eigenvalue weighted by Crippen LogP contribution is -2.45. The van der Waals surface area contributed by atoms with Crippen LogP contribution in [-0.4, -0.2) is 11.8 Å². The van der Waals surface area contributed by atoms with Gasteiger partial charge in [-0.25, -0.2) is 5.43 Å². The monoisotopic (exact) mass is 249 g/mol. The number of benzene rings is 1. The molecule has 0 spiro atoms. The van der Waals surface area contributed by atoms with Gasteiger partial charge in [0.1, 0.15) is 6.04 Å². The fraction of sp³-hybridized carbons (Fsp3) is 0.385. The van der Waals surface area contributed by atoms with Gasteiger partial charge in [0.15, 0.2) is 0 Å². The van der Waals surface area contributed by atoms with Crippen LogP contribution in [0.4, 0.5) is 0 Å². The van der Waals surface area contributed by atoms with Crippen molar-refractivity contribution in [2.24, 2.45) is 11.7 Å². The Hall–Kier alpha value is -1.88. The quantitative estimate of drug-likeness (QED) is 0.654. The molecular formula is C13H19N3O2. The minimum Gasteiger partial charge on any atom is -0.368 e. The van der Waals surface area contributed by atoms with Gasteiger partial charge in [0.25, 0.3) is 0 Å². The highest BCUT2D eigenvalue weighted by molar-refractivity contribution is 5.82. The topological polar surface area (TPSA) is 84.2 Å². The van der Waals surface area contributed by atoms with Crippen LogP contribution in [0.3, 0.4) is 0 Å². The van der Waals surface area contributed by atoms with Crippen LogP contribution in [0.25, 0.3) is 0 Å². The molecule has 0 bridgehead atoms. The zero-order valence-electron chi connectivity index (χ0n) is 10.6. The van der Waals surface area contributed by atoms with Crippen molar-refractivity contribution >= 4 is 11.8 Å². The number of carbonyl (C=O) groups is 2. The second-order valence-corrected chi connectivity index (χ2v) is 4.54. The van der Waals surface area contributed by atoms with Gasteiger partial charge in [0, 0.05) is 6.42 Å². The molecule has 0 fully saturated rings. The third-order valence-corrected chi connectivity index (χ3v) is 2.37. The van der Waals surface area contributed by atoms with Gasteiger partial charge in [-0.1, -0.05) is 44.2 Å². The van der Waals surface area contributed by atoms with Crippen molar-refractivity contribution in [2.75, 3.05) is 0 Å². The molecule has 0 heterocycles. The van der Waals surface area contributed by atoms with Crippen LogP contribution < -0.4 is 16.6 Å². The zero-order chi connectivity index (χ0) is 13.5. The number of nitrogens with two attached hydrogens (primary N) is 1. The molecule has 0 aliphatic heterocycles. The van der Waals surface area contributed by atoms with Crippen LogP contribution in [-0.2, 0) is 9.59 Å². The highest BCUT2D eigenvalue weighted by Gasteiger charge is 2.17. The SMILES string of the molecule is CC(C)CC(=O)NN[C@H](C(N)=O)c1ccccc1. The van der Waals surface area contributed by atoms with Gasteiger partial charge in [0.2, 0.25) is 11.8 Å². The number of nitrogens with one attached hydrogen (secondary N) is 2. The third-order valence-electron chi connectivity index (χ3n) is 2.37. The number of hydrogen-bond acceptors (Lipinski definition) is 3. The van der Waals surface area contributed by atoms with E-state index in [1.54, 1.807) is 12.1 Å². The van der Waals surface area contributed by atoms with Gasteiger partial charge in [-0.05, 0) is 11.5 Å². The molecule has 0 unspecified atom stereocenters. The molecule has 0 saturated heterocycles. The van der Waals surface area contributed by atoms with E-state index in [0.29, 0.717) is 6.42 Å². The first-order valence-electron chi connectivity index (χ1n) is 5.89. The van der Waals surface area contributed by atoms with E-state index in [1.807, 2.05) is 32.0 Å². The lowest BCUT2D eigenvalue weighted by Gasteiger charge is -2.17. The first-order chi connectivity index (χ1) is 8.50. The predicted molar refractivity (Wildman–Crippen MR) is 69.1 cm³/mol. The Morgan fingerprint density at radius 3 is 2.33 bits per heavy atom. The van der Waals surface area contributed by atoms with Gasteiger partial charge in [-0.2, -0.15) is 0 Å². The second kappa shape index (κ2) is 6.76. The molecule has 2 amide bonds. The van der Waals surface area contributed by atoms with Crippen molar-refractivity contribution in [1.82, 2.24) is 10.9 Å². The van der Waals surface area contributed by atoms with E-state index >= 15 is 0 Å². The molecule has 1 aromatic rings. The van der Waals surface area contributed by atoms with Crippen LogP contribution in [0.1, 0.15) is 31.9 Å². The van der Waals surface area contributed by atoms with Crippen LogP contribution >= 0.6 is 0 Å². The van der Waals surface area contributed by atoms with Crippen LogP contribution in [0, 0.1) is 5.92 Å². The minimum absolute atomic E-state index is 0.160. The molecule has 4 N–H and O–H groups in total. The van der Waals surface area contributed by atoms with Crippen molar-refractivity contribution in [2.45, 2.75) is 26.3 Å². The fourth-order valence-electron chi connectivity index (χ4n) is 1.54. The predicted octanol–water partition coefficient (Wildman–Crippen LogP) is 0.880. The Bertz CT molecular complexity index is 404. The van der Waals surface area contributed by atoms with E-state index in [4.69, 9.17) is 5.73 Å². The molecule has 0 aliphatic rings. The maximum atomic E-state index is 11.5. The molecule has 0 aromatic heterocycles. The van der Waals surface area contributed by atoms with E-state index in [1.165, 1.54) is 0 Å². The zero-order valence-corrected chi connectivity index (χ0v) is 10.6. The summed E-state index contributed by atoms with van der Waals surface area (Å²) in [6.07, 6.45) is 0.396. The third kappa shape index (κ3) is 4.55. The van der Waals surface area contributed by atoms with E-state index in [2.05, 4.69) is 10.9 Å². The molecule has 18 heavy (non-hydrogen) atoms. The van der Waals surface area contributed by atoms with Crippen molar-refractivity contribution in [3.05, 3.63) is 35.9 Å². The van der Waals surface area contributed by atoms with Gasteiger partial charge < -0.3 is 5.73 Å². The Labute approximate surface area is 107 Å². The molecule has 0 aliphatic carbocycles. The van der Waals surface area contributed by atoms with Crippen molar-refractivity contribution in [3.8, 4) is 0 Å². The van der Waals surface area contributed by atoms with Crippen molar-refractivity contribution in [1.29, 1.82) is 0 Å². The number of hydrazine groups is 1. The molecular weight excluding hydrogens is 230 g/mol.